The standard InChI is InChI=1S/C10H12ClNOS/c11-4-10(13)12-5-9(6-12)3-8-1-2-14-7-8/h1-2,7,9H,3-6H2. The first-order valence-corrected chi connectivity index (χ1v) is 6.12. The molecule has 1 aliphatic rings. The highest BCUT2D eigenvalue weighted by molar-refractivity contribution is 7.07. The average molecular weight is 230 g/mol. The Balaban J connectivity index is 1.76. The van der Waals surface area contributed by atoms with Crippen molar-refractivity contribution in [1.82, 2.24) is 4.90 Å². The predicted octanol–water partition coefficient (Wildman–Crippen LogP) is 1.99. The van der Waals surface area contributed by atoms with Gasteiger partial charge in [-0.3, -0.25) is 4.79 Å². The second-order valence-corrected chi connectivity index (χ2v) is 4.68. The van der Waals surface area contributed by atoms with E-state index in [1.165, 1.54) is 5.56 Å². The number of thiophene rings is 1. The van der Waals surface area contributed by atoms with Crippen LogP contribution in [0.1, 0.15) is 5.56 Å². The molecule has 0 atom stereocenters. The molecule has 0 saturated carbocycles. The fourth-order valence-electron chi connectivity index (χ4n) is 1.73. The molecule has 1 aromatic heterocycles. The van der Waals surface area contributed by atoms with Crippen LogP contribution in [0.2, 0.25) is 0 Å². The van der Waals surface area contributed by atoms with Crippen molar-refractivity contribution in [2.45, 2.75) is 6.42 Å². The van der Waals surface area contributed by atoms with Crippen LogP contribution < -0.4 is 0 Å². The second-order valence-electron chi connectivity index (χ2n) is 3.63. The maximum atomic E-state index is 11.1. The summed E-state index contributed by atoms with van der Waals surface area (Å²) in [7, 11) is 0. The van der Waals surface area contributed by atoms with Crippen LogP contribution in [0.5, 0.6) is 0 Å². The fraction of sp³-hybridized carbons (Fsp3) is 0.500. The summed E-state index contributed by atoms with van der Waals surface area (Å²) in [6, 6.07) is 2.15. The lowest BCUT2D eigenvalue weighted by Gasteiger charge is -2.39. The van der Waals surface area contributed by atoms with Gasteiger partial charge in [-0.2, -0.15) is 11.3 Å². The van der Waals surface area contributed by atoms with Crippen LogP contribution in [0.15, 0.2) is 16.8 Å². The van der Waals surface area contributed by atoms with Gasteiger partial charge in [0.05, 0.1) is 0 Å². The first-order chi connectivity index (χ1) is 6.79. The molecule has 1 aromatic rings. The number of nitrogens with zero attached hydrogens (tertiary/aromatic N) is 1. The molecule has 2 nitrogen and oxygen atoms in total. The number of carbonyl (C=O) groups excluding carboxylic acids is 1. The molecular weight excluding hydrogens is 218 g/mol. The van der Waals surface area contributed by atoms with Gasteiger partial charge in [-0.15, -0.1) is 11.6 Å². The van der Waals surface area contributed by atoms with E-state index in [2.05, 4.69) is 16.8 Å². The molecule has 1 fully saturated rings. The van der Waals surface area contributed by atoms with Gasteiger partial charge < -0.3 is 4.90 Å². The highest BCUT2D eigenvalue weighted by Gasteiger charge is 2.29. The average Bonchev–Trinajstić information content (AvgIpc) is 2.61. The number of halogens is 1. The summed E-state index contributed by atoms with van der Waals surface area (Å²) in [5, 5.41) is 4.27. The molecule has 0 radical (unpaired) electrons. The summed E-state index contributed by atoms with van der Waals surface area (Å²) >= 11 is 7.19. The number of hydrogen-bond donors (Lipinski definition) is 0. The molecule has 2 rings (SSSR count). The highest BCUT2D eigenvalue weighted by atomic mass is 35.5. The van der Waals surface area contributed by atoms with Crippen LogP contribution in [-0.2, 0) is 11.2 Å². The Morgan fingerprint density at radius 1 is 1.64 bits per heavy atom. The Morgan fingerprint density at radius 3 is 3.00 bits per heavy atom. The van der Waals surface area contributed by atoms with E-state index >= 15 is 0 Å². The lowest BCUT2D eigenvalue weighted by molar-refractivity contribution is -0.134. The Hall–Kier alpha value is -0.540. The van der Waals surface area contributed by atoms with Crippen molar-refractivity contribution in [1.29, 1.82) is 0 Å². The van der Waals surface area contributed by atoms with E-state index in [1.54, 1.807) is 11.3 Å². The van der Waals surface area contributed by atoms with Gasteiger partial charge in [-0.25, -0.2) is 0 Å². The van der Waals surface area contributed by atoms with Crippen molar-refractivity contribution in [2.75, 3.05) is 19.0 Å². The summed E-state index contributed by atoms with van der Waals surface area (Å²) in [5.74, 6) is 0.815. The molecule has 0 aliphatic carbocycles. The highest BCUT2D eigenvalue weighted by Crippen LogP contribution is 2.21. The van der Waals surface area contributed by atoms with E-state index in [1.807, 2.05) is 4.90 Å². The molecule has 2 heterocycles. The molecule has 4 heteroatoms. The maximum absolute atomic E-state index is 11.1. The van der Waals surface area contributed by atoms with Crippen molar-refractivity contribution in [3.8, 4) is 0 Å². The number of likely N-dealkylation sites (tertiary alicyclic amines) is 1. The lowest BCUT2D eigenvalue weighted by atomic mass is 9.93. The molecule has 1 amide bonds. The zero-order valence-electron chi connectivity index (χ0n) is 7.78. The molecule has 76 valence electrons. The summed E-state index contributed by atoms with van der Waals surface area (Å²) in [5.41, 5.74) is 1.39. The number of alkyl halides is 1. The molecule has 0 bridgehead atoms. The molecule has 0 N–H and O–H groups in total. The summed E-state index contributed by atoms with van der Waals surface area (Å²) < 4.78 is 0. The minimum Gasteiger partial charge on any atom is -0.341 e. The van der Waals surface area contributed by atoms with Crippen LogP contribution in [-0.4, -0.2) is 29.8 Å². The minimum atomic E-state index is 0.0632. The predicted molar refractivity (Wildman–Crippen MR) is 58.8 cm³/mol. The molecule has 0 unspecified atom stereocenters. The van der Waals surface area contributed by atoms with E-state index < -0.39 is 0 Å². The third-order valence-corrected chi connectivity index (χ3v) is 3.49. The quantitative estimate of drug-likeness (QED) is 0.726. The summed E-state index contributed by atoms with van der Waals surface area (Å²) in [6.45, 7) is 1.75. The molecular formula is C10H12ClNOS. The zero-order valence-corrected chi connectivity index (χ0v) is 9.35. The van der Waals surface area contributed by atoms with Gasteiger partial charge in [0.2, 0.25) is 5.91 Å². The van der Waals surface area contributed by atoms with Crippen molar-refractivity contribution in [2.24, 2.45) is 5.92 Å². The van der Waals surface area contributed by atoms with Crippen LogP contribution in [0.4, 0.5) is 0 Å². The Bertz CT molecular complexity index is 306. The van der Waals surface area contributed by atoms with Gasteiger partial charge in [-0.05, 0) is 34.7 Å². The molecule has 1 saturated heterocycles. The van der Waals surface area contributed by atoms with E-state index in [0.717, 1.165) is 19.5 Å². The maximum Gasteiger partial charge on any atom is 0.237 e. The monoisotopic (exact) mass is 229 g/mol. The largest absolute Gasteiger partial charge is 0.341 e. The fourth-order valence-corrected chi connectivity index (χ4v) is 2.58. The van der Waals surface area contributed by atoms with Crippen molar-refractivity contribution in [3.05, 3.63) is 22.4 Å². The zero-order chi connectivity index (χ0) is 9.97. The first kappa shape index (κ1) is 9.99. The molecule has 0 aromatic carbocycles. The van der Waals surface area contributed by atoms with Gasteiger partial charge in [0.15, 0.2) is 0 Å². The molecule has 0 spiro atoms. The Labute approximate surface area is 92.5 Å². The van der Waals surface area contributed by atoms with Crippen molar-refractivity contribution >= 4 is 28.8 Å². The van der Waals surface area contributed by atoms with Crippen LogP contribution in [0.3, 0.4) is 0 Å². The van der Waals surface area contributed by atoms with Gasteiger partial charge in [0, 0.05) is 13.1 Å². The van der Waals surface area contributed by atoms with Crippen LogP contribution in [0.25, 0.3) is 0 Å². The number of hydrogen-bond acceptors (Lipinski definition) is 2. The normalized spacial score (nSPS) is 16.8. The Kier molecular flexibility index (Phi) is 3.08. The summed E-state index contributed by atoms with van der Waals surface area (Å²) in [6.07, 6.45) is 1.09. The van der Waals surface area contributed by atoms with E-state index in [4.69, 9.17) is 11.6 Å². The number of rotatable bonds is 3. The topological polar surface area (TPSA) is 20.3 Å². The third kappa shape index (κ3) is 2.10. The lowest BCUT2D eigenvalue weighted by Crippen LogP contribution is -2.51. The molecule has 14 heavy (non-hydrogen) atoms. The van der Waals surface area contributed by atoms with Crippen molar-refractivity contribution < 1.29 is 4.79 Å². The van der Waals surface area contributed by atoms with Gasteiger partial charge >= 0.3 is 0 Å². The SMILES string of the molecule is O=C(CCl)N1CC(Cc2ccsc2)C1. The smallest absolute Gasteiger partial charge is 0.237 e. The van der Waals surface area contributed by atoms with E-state index in [0.29, 0.717) is 5.92 Å². The Morgan fingerprint density at radius 2 is 2.43 bits per heavy atom. The minimum absolute atomic E-state index is 0.0632. The third-order valence-electron chi connectivity index (χ3n) is 2.53. The number of amides is 1. The van der Waals surface area contributed by atoms with Crippen molar-refractivity contribution in [3.63, 3.8) is 0 Å². The molecule has 1 aliphatic heterocycles. The summed E-state index contributed by atoms with van der Waals surface area (Å²) in [4.78, 5) is 13.0. The number of carbonyl (C=O) groups is 1. The van der Waals surface area contributed by atoms with Gasteiger partial charge in [-0.1, -0.05) is 0 Å². The van der Waals surface area contributed by atoms with Crippen LogP contribution in [0, 0.1) is 5.92 Å². The first-order valence-electron chi connectivity index (χ1n) is 4.64. The van der Waals surface area contributed by atoms with Gasteiger partial charge in [0.1, 0.15) is 5.88 Å². The van der Waals surface area contributed by atoms with E-state index in [-0.39, 0.29) is 11.8 Å². The van der Waals surface area contributed by atoms with Gasteiger partial charge in [0.25, 0.3) is 0 Å². The van der Waals surface area contributed by atoms with E-state index in [9.17, 15) is 4.79 Å². The second kappa shape index (κ2) is 4.32. The van der Waals surface area contributed by atoms with Crippen LogP contribution >= 0.6 is 22.9 Å².